The van der Waals surface area contributed by atoms with E-state index in [9.17, 15) is 4.79 Å². The van der Waals surface area contributed by atoms with E-state index >= 15 is 0 Å². The van der Waals surface area contributed by atoms with Crippen molar-refractivity contribution in [2.45, 2.75) is 31.8 Å². The molecule has 15 heavy (non-hydrogen) atoms. The number of rotatable bonds is 7. The fourth-order valence-corrected chi connectivity index (χ4v) is 1.65. The Morgan fingerprint density at radius 1 is 1.67 bits per heavy atom. The van der Waals surface area contributed by atoms with Crippen molar-refractivity contribution in [2.24, 2.45) is 0 Å². The average molecular weight is 226 g/mol. The van der Waals surface area contributed by atoms with E-state index in [0.29, 0.717) is 6.04 Å². The first-order chi connectivity index (χ1) is 7.24. The van der Waals surface area contributed by atoms with E-state index in [2.05, 4.69) is 16.6 Å². The van der Waals surface area contributed by atoms with Crippen LogP contribution < -0.4 is 10.6 Å². The molecule has 0 aliphatic heterocycles. The van der Waals surface area contributed by atoms with E-state index in [4.69, 9.17) is 6.42 Å². The minimum atomic E-state index is -0.1000. The lowest BCUT2D eigenvalue weighted by atomic mass is 10.3. The van der Waals surface area contributed by atoms with Crippen LogP contribution in [0.1, 0.15) is 19.8 Å². The van der Waals surface area contributed by atoms with Gasteiger partial charge in [-0.1, -0.05) is 5.92 Å². The van der Waals surface area contributed by atoms with Gasteiger partial charge in [-0.2, -0.15) is 0 Å². The van der Waals surface area contributed by atoms with Crippen LogP contribution >= 0.6 is 11.8 Å². The molecular weight excluding hydrogens is 208 g/mol. The first-order valence-corrected chi connectivity index (χ1v) is 6.44. The third-order valence-corrected chi connectivity index (χ3v) is 3.06. The van der Waals surface area contributed by atoms with Crippen LogP contribution in [-0.2, 0) is 4.79 Å². The third kappa shape index (κ3) is 5.71. The molecule has 4 heteroatoms. The van der Waals surface area contributed by atoms with Gasteiger partial charge in [0, 0.05) is 18.3 Å². The van der Waals surface area contributed by atoms with Crippen molar-refractivity contribution in [3.63, 3.8) is 0 Å². The van der Waals surface area contributed by atoms with Crippen LogP contribution in [0.3, 0.4) is 0 Å². The fourth-order valence-electron chi connectivity index (χ4n) is 1.13. The highest BCUT2D eigenvalue weighted by molar-refractivity contribution is 7.99. The van der Waals surface area contributed by atoms with Crippen molar-refractivity contribution in [1.82, 2.24) is 10.6 Å². The Labute approximate surface area is 95.8 Å². The molecule has 0 aromatic rings. The summed E-state index contributed by atoms with van der Waals surface area (Å²) in [5.41, 5.74) is 0. The summed E-state index contributed by atoms with van der Waals surface area (Å²) < 4.78 is 0. The topological polar surface area (TPSA) is 41.1 Å². The number of thioether (sulfide) groups is 1. The van der Waals surface area contributed by atoms with Crippen LogP contribution in [0.5, 0.6) is 0 Å². The van der Waals surface area contributed by atoms with E-state index in [1.54, 1.807) is 11.8 Å². The van der Waals surface area contributed by atoms with Gasteiger partial charge in [-0.15, -0.1) is 18.2 Å². The van der Waals surface area contributed by atoms with E-state index in [1.807, 2.05) is 6.92 Å². The Morgan fingerprint density at radius 2 is 2.40 bits per heavy atom. The number of nitrogens with one attached hydrogen (secondary N) is 2. The van der Waals surface area contributed by atoms with Crippen molar-refractivity contribution in [1.29, 1.82) is 0 Å². The first-order valence-electron chi connectivity index (χ1n) is 5.29. The molecule has 0 bridgehead atoms. The normalized spacial score (nSPS) is 16.8. The molecule has 84 valence electrons. The maximum atomic E-state index is 11.5. The van der Waals surface area contributed by atoms with Gasteiger partial charge in [0.2, 0.25) is 5.91 Å². The molecule has 2 N–H and O–H groups in total. The van der Waals surface area contributed by atoms with Gasteiger partial charge >= 0.3 is 0 Å². The smallest absolute Gasteiger partial charge is 0.237 e. The Morgan fingerprint density at radius 3 is 3.00 bits per heavy atom. The second-order valence-electron chi connectivity index (χ2n) is 3.72. The van der Waals surface area contributed by atoms with Crippen molar-refractivity contribution >= 4 is 17.7 Å². The van der Waals surface area contributed by atoms with Gasteiger partial charge in [0.1, 0.15) is 0 Å². The third-order valence-electron chi connectivity index (χ3n) is 2.20. The second-order valence-corrected chi connectivity index (χ2v) is 4.82. The maximum Gasteiger partial charge on any atom is 0.237 e. The van der Waals surface area contributed by atoms with Crippen LogP contribution in [0.25, 0.3) is 0 Å². The number of carbonyl (C=O) groups excluding carboxylic acids is 1. The summed E-state index contributed by atoms with van der Waals surface area (Å²) in [5, 5.41) is 6.14. The summed E-state index contributed by atoms with van der Waals surface area (Å²) >= 11 is 1.70. The van der Waals surface area contributed by atoms with Gasteiger partial charge in [-0.25, -0.2) is 0 Å². The van der Waals surface area contributed by atoms with E-state index in [-0.39, 0.29) is 11.9 Å². The Hall–Kier alpha value is -0.660. The van der Waals surface area contributed by atoms with E-state index in [0.717, 1.165) is 30.9 Å². The standard InChI is InChI=1S/C11H18N2OS/c1-3-7-15-8-6-12-9(2)11(14)13-10-4-5-10/h1,9-10,12H,4-8H2,2H3,(H,13,14). The summed E-state index contributed by atoms with van der Waals surface area (Å²) in [7, 11) is 0. The molecule has 1 atom stereocenters. The molecule has 1 rings (SSSR count). The quantitative estimate of drug-likeness (QED) is 0.494. The Balaban J connectivity index is 1.99. The molecule has 1 fully saturated rings. The second kappa shape index (κ2) is 6.76. The van der Waals surface area contributed by atoms with Crippen LogP contribution in [0.15, 0.2) is 0 Å². The highest BCUT2D eigenvalue weighted by atomic mass is 32.2. The van der Waals surface area contributed by atoms with Crippen LogP contribution in [0.2, 0.25) is 0 Å². The molecule has 3 nitrogen and oxygen atoms in total. The number of hydrogen-bond acceptors (Lipinski definition) is 3. The lowest BCUT2D eigenvalue weighted by Crippen LogP contribution is -2.43. The molecule has 1 saturated carbocycles. The summed E-state index contributed by atoms with van der Waals surface area (Å²) in [6, 6.07) is 0.342. The van der Waals surface area contributed by atoms with Gasteiger partial charge in [0.25, 0.3) is 0 Å². The predicted molar refractivity (Wildman–Crippen MR) is 64.8 cm³/mol. The summed E-state index contributed by atoms with van der Waals surface area (Å²) in [4.78, 5) is 11.5. The maximum absolute atomic E-state index is 11.5. The van der Waals surface area contributed by atoms with Gasteiger partial charge in [-0.05, 0) is 19.8 Å². The van der Waals surface area contributed by atoms with E-state index < -0.39 is 0 Å². The van der Waals surface area contributed by atoms with Crippen molar-refractivity contribution in [2.75, 3.05) is 18.1 Å². The monoisotopic (exact) mass is 226 g/mol. The van der Waals surface area contributed by atoms with Crippen molar-refractivity contribution in [3.05, 3.63) is 0 Å². The minimum absolute atomic E-state index is 0.1000. The molecule has 1 amide bonds. The zero-order valence-corrected chi connectivity index (χ0v) is 9.90. The summed E-state index contributed by atoms with van der Waals surface area (Å²) in [6.07, 6.45) is 7.40. The molecule has 0 saturated heterocycles. The van der Waals surface area contributed by atoms with Gasteiger partial charge < -0.3 is 10.6 Å². The van der Waals surface area contributed by atoms with Crippen molar-refractivity contribution < 1.29 is 4.79 Å². The lowest BCUT2D eigenvalue weighted by Gasteiger charge is -2.13. The zero-order valence-electron chi connectivity index (χ0n) is 9.08. The fraction of sp³-hybridized carbons (Fsp3) is 0.727. The first kappa shape index (κ1) is 12.4. The Kier molecular flexibility index (Phi) is 5.59. The molecule has 1 unspecified atom stereocenters. The molecule has 1 aliphatic rings. The van der Waals surface area contributed by atoms with E-state index in [1.165, 1.54) is 0 Å². The minimum Gasteiger partial charge on any atom is -0.352 e. The largest absolute Gasteiger partial charge is 0.352 e. The average Bonchev–Trinajstić information content (AvgIpc) is 3.01. The number of amides is 1. The highest BCUT2D eigenvalue weighted by Gasteiger charge is 2.25. The predicted octanol–water partition coefficient (Wildman–Crippen LogP) is 0.609. The highest BCUT2D eigenvalue weighted by Crippen LogP contribution is 2.18. The van der Waals surface area contributed by atoms with Crippen LogP contribution in [0, 0.1) is 12.3 Å². The van der Waals surface area contributed by atoms with Gasteiger partial charge in [0.05, 0.1) is 11.8 Å². The molecular formula is C11H18N2OS. The van der Waals surface area contributed by atoms with Crippen LogP contribution in [0.4, 0.5) is 0 Å². The SMILES string of the molecule is C#CCSCCNC(C)C(=O)NC1CC1. The summed E-state index contributed by atoms with van der Waals surface area (Å²) in [6.45, 7) is 2.72. The number of hydrogen-bond donors (Lipinski definition) is 2. The molecule has 0 spiro atoms. The summed E-state index contributed by atoms with van der Waals surface area (Å²) in [5.74, 6) is 4.37. The molecule has 0 heterocycles. The van der Waals surface area contributed by atoms with Gasteiger partial charge in [0.15, 0.2) is 0 Å². The van der Waals surface area contributed by atoms with Gasteiger partial charge in [-0.3, -0.25) is 4.79 Å². The molecule has 0 radical (unpaired) electrons. The zero-order chi connectivity index (χ0) is 11.1. The van der Waals surface area contributed by atoms with Crippen molar-refractivity contribution in [3.8, 4) is 12.3 Å². The molecule has 0 aromatic carbocycles. The van der Waals surface area contributed by atoms with Crippen LogP contribution in [-0.4, -0.2) is 36.0 Å². The number of terminal acetylenes is 1. The Bertz CT molecular complexity index is 245. The molecule has 1 aliphatic carbocycles. The number of carbonyl (C=O) groups is 1. The lowest BCUT2D eigenvalue weighted by molar-refractivity contribution is -0.122. The molecule has 0 aromatic heterocycles.